The van der Waals surface area contributed by atoms with E-state index >= 15 is 0 Å². The minimum absolute atomic E-state index is 0.161. The van der Waals surface area contributed by atoms with Crippen LogP contribution in [0.5, 0.6) is 0 Å². The summed E-state index contributed by atoms with van der Waals surface area (Å²) in [5, 5.41) is 9.77. The number of aliphatic hydroxyl groups excluding tert-OH is 1. The van der Waals surface area contributed by atoms with E-state index in [9.17, 15) is 9.90 Å². The fourth-order valence-electron chi connectivity index (χ4n) is 1.85. The summed E-state index contributed by atoms with van der Waals surface area (Å²) in [6.45, 7) is 1.01. The minimum Gasteiger partial charge on any atom is -0.465 e. The maximum Gasteiger partial charge on any atom is 0.311 e. The van der Waals surface area contributed by atoms with Gasteiger partial charge in [0.2, 0.25) is 0 Å². The Labute approximate surface area is 100 Å². The Bertz CT molecular complexity index is 363. The van der Waals surface area contributed by atoms with Crippen molar-refractivity contribution in [1.82, 2.24) is 0 Å². The largest absolute Gasteiger partial charge is 0.465 e. The maximum absolute atomic E-state index is 11.2. The molecular weight excluding hydrogens is 220 g/mol. The number of aliphatic hydroxyl groups is 1. The van der Waals surface area contributed by atoms with Crippen LogP contribution in [-0.4, -0.2) is 30.4 Å². The van der Waals surface area contributed by atoms with Gasteiger partial charge in [0.25, 0.3) is 0 Å². The molecule has 0 saturated carbocycles. The second-order valence-corrected chi connectivity index (χ2v) is 4.13. The highest BCUT2D eigenvalue weighted by molar-refractivity contribution is 5.74. The third-order valence-electron chi connectivity index (χ3n) is 2.84. The van der Waals surface area contributed by atoms with E-state index in [-0.39, 0.29) is 12.6 Å². The molecule has 2 unspecified atom stereocenters. The zero-order valence-electron chi connectivity index (χ0n) is 9.54. The first-order valence-corrected chi connectivity index (χ1v) is 5.74. The molecule has 92 valence electrons. The maximum atomic E-state index is 11.2. The number of carbonyl (C=O) groups is 1. The van der Waals surface area contributed by atoms with Crippen LogP contribution in [-0.2, 0) is 20.9 Å². The molecule has 4 heteroatoms. The van der Waals surface area contributed by atoms with E-state index in [0.717, 1.165) is 5.56 Å². The molecule has 2 rings (SSSR count). The van der Waals surface area contributed by atoms with Crippen molar-refractivity contribution in [2.45, 2.75) is 19.1 Å². The molecule has 2 atom stereocenters. The van der Waals surface area contributed by atoms with Gasteiger partial charge in [-0.3, -0.25) is 4.79 Å². The highest BCUT2D eigenvalue weighted by Gasteiger charge is 2.33. The minimum atomic E-state index is -0.770. The van der Waals surface area contributed by atoms with Crippen LogP contribution in [0.1, 0.15) is 12.0 Å². The molecule has 1 aromatic rings. The molecule has 0 spiro atoms. The predicted octanol–water partition coefficient (Wildman–Crippen LogP) is 1.13. The normalized spacial score (nSPS) is 21.2. The van der Waals surface area contributed by atoms with Crippen LogP contribution in [0.25, 0.3) is 0 Å². The third kappa shape index (κ3) is 3.28. The van der Waals surface area contributed by atoms with E-state index in [4.69, 9.17) is 9.47 Å². The van der Waals surface area contributed by atoms with Crippen LogP contribution in [0.3, 0.4) is 0 Å². The smallest absolute Gasteiger partial charge is 0.311 e. The molecule has 1 heterocycles. The van der Waals surface area contributed by atoms with Gasteiger partial charge in [-0.2, -0.15) is 0 Å². The number of rotatable bonds is 5. The molecule has 0 radical (unpaired) electrons. The lowest BCUT2D eigenvalue weighted by atomic mass is 10.0. The molecule has 0 bridgehead atoms. The summed E-state index contributed by atoms with van der Waals surface area (Å²) in [6.07, 6.45) is -0.192. The van der Waals surface area contributed by atoms with Gasteiger partial charge < -0.3 is 14.6 Å². The lowest BCUT2D eigenvalue weighted by Crippen LogP contribution is -2.28. The van der Waals surface area contributed by atoms with Crippen LogP contribution in [0.15, 0.2) is 30.3 Å². The van der Waals surface area contributed by atoms with Crippen molar-refractivity contribution >= 4 is 5.97 Å². The summed E-state index contributed by atoms with van der Waals surface area (Å²) in [5.74, 6) is -0.744. The first kappa shape index (κ1) is 12.1. The molecule has 1 aliphatic rings. The van der Waals surface area contributed by atoms with Crippen LogP contribution in [0.4, 0.5) is 0 Å². The van der Waals surface area contributed by atoms with Gasteiger partial charge in [-0.1, -0.05) is 30.3 Å². The summed E-state index contributed by atoms with van der Waals surface area (Å²) in [6, 6.07) is 9.71. The SMILES string of the molecule is O=C1OCCC1C(O)COCc1ccccc1. The molecule has 4 nitrogen and oxygen atoms in total. The number of carbonyl (C=O) groups excluding carboxylic acids is 1. The monoisotopic (exact) mass is 236 g/mol. The predicted molar refractivity (Wildman–Crippen MR) is 61.2 cm³/mol. The van der Waals surface area contributed by atoms with E-state index in [1.165, 1.54) is 0 Å². The van der Waals surface area contributed by atoms with Gasteiger partial charge >= 0.3 is 5.97 Å². The summed E-state index contributed by atoms with van der Waals surface area (Å²) in [7, 11) is 0. The van der Waals surface area contributed by atoms with Crippen molar-refractivity contribution in [1.29, 1.82) is 0 Å². The average molecular weight is 236 g/mol. The third-order valence-corrected chi connectivity index (χ3v) is 2.84. The molecule has 1 fully saturated rings. The lowest BCUT2D eigenvalue weighted by Gasteiger charge is -2.14. The van der Waals surface area contributed by atoms with E-state index in [1.54, 1.807) is 0 Å². The number of hydrogen-bond donors (Lipinski definition) is 1. The zero-order valence-corrected chi connectivity index (χ0v) is 9.54. The Hall–Kier alpha value is -1.39. The zero-order chi connectivity index (χ0) is 12.1. The lowest BCUT2D eigenvalue weighted by molar-refractivity contribution is -0.145. The molecule has 0 aliphatic carbocycles. The molecule has 0 amide bonds. The first-order valence-electron chi connectivity index (χ1n) is 5.74. The van der Waals surface area contributed by atoms with Gasteiger partial charge in [0.05, 0.1) is 31.8 Å². The Morgan fingerprint density at radius 3 is 2.82 bits per heavy atom. The van der Waals surface area contributed by atoms with E-state index < -0.39 is 12.0 Å². The first-order chi connectivity index (χ1) is 8.27. The highest BCUT2D eigenvalue weighted by atomic mass is 16.5. The molecule has 1 aromatic carbocycles. The van der Waals surface area contributed by atoms with Crippen molar-refractivity contribution in [3.05, 3.63) is 35.9 Å². The standard InChI is InChI=1S/C13H16O4/c14-12(11-6-7-17-13(11)15)9-16-8-10-4-2-1-3-5-10/h1-5,11-12,14H,6-9H2. The summed E-state index contributed by atoms with van der Waals surface area (Å²) < 4.78 is 10.2. The molecule has 17 heavy (non-hydrogen) atoms. The molecular formula is C13H16O4. The highest BCUT2D eigenvalue weighted by Crippen LogP contribution is 2.18. The van der Waals surface area contributed by atoms with Gasteiger partial charge in [-0.05, 0) is 12.0 Å². The van der Waals surface area contributed by atoms with Gasteiger partial charge in [0.15, 0.2) is 0 Å². The van der Waals surface area contributed by atoms with Crippen molar-refractivity contribution in [2.75, 3.05) is 13.2 Å². The Morgan fingerprint density at radius 2 is 2.18 bits per heavy atom. The van der Waals surface area contributed by atoms with E-state index in [0.29, 0.717) is 19.6 Å². The van der Waals surface area contributed by atoms with Gasteiger partial charge in [0.1, 0.15) is 0 Å². The van der Waals surface area contributed by atoms with Crippen molar-refractivity contribution in [3.8, 4) is 0 Å². The van der Waals surface area contributed by atoms with Crippen LogP contribution in [0, 0.1) is 5.92 Å². The fraction of sp³-hybridized carbons (Fsp3) is 0.462. The fourth-order valence-corrected chi connectivity index (χ4v) is 1.85. The molecule has 1 aliphatic heterocycles. The Kier molecular flexibility index (Phi) is 4.12. The number of benzene rings is 1. The molecule has 0 aromatic heterocycles. The van der Waals surface area contributed by atoms with Gasteiger partial charge in [-0.25, -0.2) is 0 Å². The van der Waals surface area contributed by atoms with Crippen molar-refractivity contribution < 1.29 is 19.4 Å². The van der Waals surface area contributed by atoms with E-state index in [1.807, 2.05) is 30.3 Å². The molecule has 1 saturated heterocycles. The summed E-state index contributed by atoms with van der Waals surface area (Å²) in [4.78, 5) is 11.2. The quantitative estimate of drug-likeness (QED) is 0.778. The van der Waals surface area contributed by atoms with Gasteiger partial charge in [0, 0.05) is 0 Å². The molecule has 1 N–H and O–H groups in total. The topological polar surface area (TPSA) is 55.8 Å². The second kappa shape index (κ2) is 5.80. The Morgan fingerprint density at radius 1 is 1.41 bits per heavy atom. The van der Waals surface area contributed by atoms with Crippen LogP contribution >= 0.6 is 0 Å². The second-order valence-electron chi connectivity index (χ2n) is 4.13. The Balaban J connectivity index is 1.73. The average Bonchev–Trinajstić information content (AvgIpc) is 2.77. The van der Waals surface area contributed by atoms with Crippen molar-refractivity contribution in [3.63, 3.8) is 0 Å². The van der Waals surface area contributed by atoms with Crippen LogP contribution in [0.2, 0.25) is 0 Å². The number of cyclic esters (lactones) is 1. The van der Waals surface area contributed by atoms with E-state index in [2.05, 4.69) is 0 Å². The van der Waals surface area contributed by atoms with Gasteiger partial charge in [-0.15, -0.1) is 0 Å². The number of esters is 1. The van der Waals surface area contributed by atoms with Crippen molar-refractivity contribution in [2.24, 2.45) is 5.92 Å². The number of hydrogen-bond acceptors (Lipinski definition) is 4. The summed E-state index contributed by atoms with van der Waals surface area (Å²) in [5.41, 5.74) is 1.05. The number of ether oxygens (including phenoxy) is 2. The van der Waals surface area contributed by atoms with Crippen LogP contribution < -0.4 is 0 Å². The summed E-state index contributed by atoms with van der Waals surface area (Å²) >= 11 is 0.